The standard InChI is InChI=1S/C18H18ClN3O3/c1-3-10-25-14-8-9-20-16-15(14)17(23)22(18(24)21(16)2)11-12-6-4-5-7-13(12)19/h4-9H,3,10-11H2,1-2H3. The van der Waals surface area contributed by atoms with Gasteiger partial charge in [-0.1, -0.05) is 36.7 Å². The highest BCUT2D eigenvalue weighted by Gasteiger charge is 2.17. The summed E-state index contributed by atoms with van der Waals surface area (Å²) in [5.41, 5.74) is 0.122. The molecule has 0 saturated carbocycles. The van der Waals surface area contributed by atoms with Gasteiger partial charge in [-0.05, 0) is 24.1 Å². The fourth-order valence-electron chi connectivity index (χ4n) is 2.65. The van der Waals surface area contributed by atoms with E-state index in [4.69, 9.17) is 16.3 Å². The van der Waals surface area contributed by atoms with Crippen LogP contribution in [0.3, 0.4) is 0 Å². The molecular formula is C18H18ClN3O3. The maximum Gasteiger partial charge on any atom is 0.332 e. The number of aromatic nitrogens is 3. The minimum absolute atomic E-state index is 0.0865. The van der Waals surface area contributed by atoms with Crippen molar-refractivity contribution in [2.24, 2.45) is 7.05 Å². The van der Waals surface area contributed by atoms with Crippen LogP contribution in [0.25, 0.3) is 11.0 Å². The summed E-state index contributed by atoms with van der Waals surface area (Å²) in [6.45, 7) is 2.55. The largest absolute Gasteiger partial charge is 0.493 e. The third-order valence-electron chi connectivity index (χ3n) is 3.94. The van der Waals surface area contributed by atoms with Crippen LogP contribution in [0.5, 0.6) is 5.75 Å². The van der Waals surface area contributed by atoms with Crippen LogP contribution in [0.15, 0.2) is 46.1 Å². The van der Waals surface area contributed by atoms with E-state index in [0.29, 0.717) is 34.0 Å². The van der Waals surface area contributed by atoms with Gasteiger partial charge in [0.25, 0.3) is 5.56 Å². The molecule has 0 aliphatic rings. The number of rotatable bonds is 5. The zero-order chi connectivity index (χ0) is 18.0. The number of hydrogen-bond acceptors (Lipinski definition) is 4. The van der Waals surface area contributed by atoms with Crippen molar-refractivity contribution >= 4 is 22.6 Å². The lowest BCUT2D eigenvalue weighted by atomic mass is 10.2. The Morgan fingerprint density at radius 3 is 2.68 bits per heavy atom. The van der Waals surface area contributed by atoms with E-state index >= 15 is 0 Å². The molecule has 0 N–H and O–H groups in total. The van der Waals surface area contributed by atoms with Gasteiger partial charge in [0, 0.05) is 18.3 Å². The van der Waals surface area contributed by atoms with Crippen LogP contribution in [0.1, 0.15) is 18.9 Å². The number of ether oxygens (including phenoxy) is 1. The second kappa shape index (κ2) is 7.11. The molecule has 1 aromatic carbocycles. The van der Waals surface area contributed by atoms with E-state index in [0.717, 1.165) is 11.0 Å². The van der Waals surface area contributed by atoms with E-state index in [1.54, 1.807) is 31.3 Å². The predicted molar refractivity (Wildman–Crippen MR) is 97.6 cm³/mol. The molecule has 0 bridgehead atoms. The molecule has 0 saturated heterocycles. The monoisotopic (exact) mass is 359 g/mol. The zero-order valence-electron chi connectivity index (χ0n) is 14.0. The lowest BCUT2D eigenvalue weighted by Crippen LogP contribution is -2.39. The van der Waals surface area contributed by atoms with Crippen molar-refractivity contribution in [2.45, 2.75) is 19.9 Å². The Morgan fingerprint density at radius 1 is 1.20 bits per heavy atom. The smallest absolute Gasteiger partial charge is 0.332 e. The van der Waals surface area contributed by atoms with Crippen LogP contribution in [0.4, 0.5) is 0 Å². The molecule has 130 valence electrons. The van der Waals surface area contributed by atoms with Gasteiger partial charge in [-0.3, -0.25) is 13.9 Å². The molecule has 0 atom stereocenters. The average Bonchev–Trinajstić information content (AvgIpc) is 2.62. The van der Waals surface area contributed by atoms with Crippen molar-refractivity contribution < 1.29 is 4.74 Å². The van der Waals surface area contributed by atoms with Crippen LogP contribution >= 0.6 is 11.6 Å². The van der Waals surface area contributed by atoms with Crippen molar-refractivity contribution in [1.29, 1.82) is 0 Å². The number of hydrogen-bond donors (Lipinski definition) is 0. The molecule has 7 heteroatoms. The van der Waals surface area contributed by atoms with E-state index in [1.807, 2.05) is 13.0 Å². The fraction of sp³-hybridized carbons (Fsp3) is 0.278. The highest BCUT2D eigenvalue weighted by atomic mass is 35.5. The highest BCUT2D eigenvalue weighted by molar-refractivity contribution is 6.31. The second-order valence-corrected chi connectivity index (χ2v) is 6.09. The second-order valence-electron chi connectivity index (χ2n) is 5.68. The number of aryl methyl sites for hydroxylation is 1. The predicted octanol–water partition coefficient (Wildman–Crippen LogP) is 2.59. The molecule has 0 aliphatic heterocycles. The van der Waals surface area contributed by atoms with E-state index in [-0.39, 0.29) is 6.54 Å². The third-order valence-corrected chi connectivity index (χ3v) is 4.30. The Morgan fingerprint density at radius 2 is 1.96 bits per heavy atom. The summed E-state index contributed by atoms with van der Waals surface area (Å²) in [7, 11) is 1.59. The number of pyridine rings is 1. The van der Waals surface area contributed by atoms with Gasteiger partial charge in [0.05, 0.1) is 13.2 Å². The SMILES string of the molecule is CCCOc1ccnc2c1c(=O)n(Cc1ccccc1Cl)c(=O)n2C. The molecule has 25 heavy (non-hydrogen) atoms. The molecule has 0 amide bonds. The average molecular weight is 360 g/mol. The summed E-state index contributed by atoms with van der Waals surface area (Å²) in [4.78, 5) is 29.8. The maximum absolute atomic E-state index is 13.0. The molecule has 2 heterocycles. The van der Waals surface area contributed by atoms with Crippen molar-refractivity contribution in [3.8, 4) is 5.75 Å². The normalized spacial score (nSPS) is 11.0. The maximum atomic E-state index is 13.0. The summed E-state index contributed by atoms with van der Waals surface area (Å²) < 4.78 is 8.19. The Hall–Kier alpha value is -2.60. The molecular weight excluding hydrogens is 342 g/mol. The summed E-state index contributed by atoms with van der Waals surface area (Å²) in [6, 6.07) is 8.77. The third kappa shape index (κ3) is 3.17. The summed E-state index contributed by atoms with van der Waals surface area (Å²) in [5, 5.41) is 0.801. The Kier molecular flexibility index (Phi) is 4.90. The van der Waals surface area contributed by atoms with Crippen molar-refractivity contribution in [2.75, 3.05) is 6.61 Å². The molecule has 0 spiro atoms. The first-order chi connectivity index (χ1) is 12.0. The topological polar surface area (TPSA) is 66.1 Å². The molecule has 0 radical (unpaired) electrons. The minimum Gasteiger partial charge on any atom is -0.493 e. The van der Waals surface area contributed by atoms with Crippen molar-refractivity contribution in [3.63, 3.8) is 0 Å². The van der Waals surface area contributed by atoms with Gasteiger partial charge in [0.2, 0.25) is 0 Å². The Bertz CT molecular complexity index is 1040. The summed E-state index contributed by atoms with van der Waals surface area (Å²) in [6.07, 6.45) is 2.34. The van der Waals surface area contributed by atoms with Crippen molar-refractivity contribution in [3.05, 3.63) is 68.0 Å². The van der Waals surface area contributed by atoms with Crippen LogP contribution in [0, 0.1) is 0 Å². The number of fused-ring (bicyclic) bond motifs is 1. The van der Waals surface area contributed by atoms with Gasteiger partial charge in [-0.25, -0.2) is 9.78 Å². The fourth-order valence-corrected chi connectivity index (χ4v) is 2.85. The molecule has 2 aromatic heterocycles. The van der Waals surface area contributed by atoms with Crippen LogP contribution in [-0.2, 0) is 13.6 Å². The molecule has 3 aromatic rings. The molecule has 6 nitrogen and oxygen atoms in total. The lowest BCUT2D eigenvalue weighted by molar-refractivity contribution is 0.320. The summed E-state index contributed by atoms with van der Waals surface area (Å²) >= 11 is 6.18. The first-order valence-electron chi connectivity index (χ1n) is 7.99. The quantitative estimate of drug-likeness (QED) is 0.702. The van der Waals surface area contributed by atoms with E-state index in [9.17, 15) is 9.59 Å². The van der Waals surface area contributed by atoms with E-state index in [1.165, 1.54) is 10.8 Å². The van der Waals surface area contributed by atoms with Gasteiger partial charge in [0.1, 0.15) is 11.1 Å². The van der Waals surface area contributed by atoms with Crippen LogP contribution < -0.4 is 16.0 Å². The van der Waals surface area contributed by atoms with Gasteiger partial charge in [-0.2, -0.15) is 0 Å². The van der Waals surface area contributed by atoms with Gasteiger partial charge in [0.15, 0.2) is 5.65 Å². The van der Waals surface area contributed by atoms with Gasteiger partial charge in [-0.15, -0.1) is 0 Å². The van der Waals surface area contributed by atoms with Gasteiger partial charge < -0.3 is 4.74 Å². The molecule has 0 unspecified atom stereocenters. The summed E-state index contributed by atoms with van der Waals surface area (Å²) in [5.74, 6) is 0.431. The Labute approximate surface area is 149 Å². The first kappa shape index (κ1) is 17.2. The lowest BCUT2D eigenvalue weighted by Gasteiger charge is -2.13. The number of benzene rings is 1. The van der Waals surface area contributed by atoms with Gasteiger partial charge >= 0.3 is 5.69 Å². The zero-order valence-corrected chi connectivity index (χ0v) is 14.8. The molecule has 0 aliphatic carbocycles. The first-order valence-corrected chi connectivity index (χ1v) is 8.37. The Balaban J connectivity index is 2.24. The number of nitrogens with zero attached hydrogens (tertiary/aromatic N) is 3. The van der Waals surface area contributed by atoms with Crippen molar-refractivity contribution in [1.82, 2.24) is 14.1 Å². The number of halogens is 1. The highest BCUT2D eigenvalue weighted by Crippen LogP contribution is 2.20. The molecule has 3 rings (SSSR count). The minimum atomic E-state index is -0.447. The van der Waals surface area contributed by atoms with E-state index in [2.05, 4.69) is 4.98 Å². The van der Waals surface area contributed by atoms with Crippen LogP contribution in [0.2, 0.25) is 5.02 Å². The van der Waals surface area contributed by atoms with E-state index < -0.39 is 11.2 Å². The molecule has 0 fully saturated rings. The van der Waals surface area contributed by atoms with Crippen LogP contribution in [-0.4, -0.2) is 20.7 Å².